The fourth-order valence-electron chi connectivity index (χ4n) is 2.67. The van der Waals surface area contributed by atoms with Gasteiger partial charge >= 0.3 is 5.97 Å². The van der Waals surface area contributed by atoms with Crippen molar-refractivity contribution in [3.8, 4) is 22.6 Å². The smallest absolute Gasteiger partial charge is 0.308 e. The van der Waals surface area contributed by atoms with Gasteiger partial charge in [-0.25, -0.2) is 0 Å². The van der Waals surface area contributed by atoms with E-state index in [0.29, 0.717) is 5.75 Å². The van der Waals surface area contributed by atoms with Crippen molar-refractivity contribution in [2.75, 3.05) is 7.11 Å². The van der Waals surface area contributed by atoms with Crippen LogP contribution in [0.3, 0.4) is 0 Å². The zero-order chi connectivity index (χ0) is 15.7. The Hall–Kier alpha value is -2.75. The van der Waals surface area contributed by atoms with Crippen LogP contribution in [0, 0.1) is 0 Å². The highest BCUT2D eigenvalue weighted by molar-refractivity contribution is 5.99. The average molecular weight is 295 g/mol. The van der Waals surface area contributed by atoms with Gasteiger partial charge in [0.15, 0.2) is 0 Å². The van der Waals surface area contributed by atoms with E-state index in [1.807, 2.05) is 60.3 Å². The Balaban J connectivity index is 2.37. The van der Waals surface area contributed by atoms with Gasteiger partial charge in [-0.05, 0) is 17.7 Å². The van der Waals surface area contributed by atoms with Gasteiger partial charge in [-0.1, -0.05) is 30.3 Å². The standard InChI is InChI=1S/C18H17NO3/c1-12(20)22-18-14-9-10-19(2)17(14)16(21-3)11-15(18)13-7-5-4-6-8-13/h4-11H,1-3H3. The highest BCUT2D eigenvalue weighted by Gasteiger charge is 2.18. The first-order valence-electron chi connectivity index (χ1n) is 7.01. The summed E-state index contributed by atoms with van der Waals surface area (Å²) in [4.78, 5) is 11.5. The van der Waals surface area contributed by atoms with Gasteiger partial charge in [0.2, 0.25) is 0 Å². The maximum atomic E-state index is 11.5. The zero-order valence-electron chi connectivity index (χ0n) is 12.8. The molecule has 0 saturated carbocycles. The Bertz CT molecular complexity index is 834. The molecule has 0 aliphatic rings. The Morgan fingerprint density at radius 2 is 1.86 bits per heavy atom. The summed E-state index contributed by atoms with van der Waals surface area (Å²) in [6, 6.07) is 13.7. The molecule has 0 atom stereocenters. The predicted molar refractivity (Wildman–Crippen MR) is 86.2 cm³/mol. The normalized spacial score (nSPS) is 10.7. The number of benzene rings is 2. The van der Waals surface area contributed by atoms with Crippen molar-refractivity contribution in [2.45, 2.75) is 6.92 Å². The van der Waals surface area contributed by atoms with Crippen molar-refractivity contribution < 1.29 is 14.3 Å². The summed E-state index contributed by atoms with van der Waals surface area (Å²) in [7, 11) is 3.58. The van der Waals surface area contributed by atoms with Crippen LogP contribution in [0.4, 0.5) is 0 Å². The number of aryl methyl sites for hydroxylation is 1. The lowest BCUT2D eigenvalue weighted by Gasteiger charge is -2.14. The Morgan fingerprint density at radius 1 is 1.14 bits per heavy atom. The third-order valence-electron chi connectivity index (χ3n) is 3.62. The van der Waals surface area contributed by atoms with E-state index in [-0.39, 0.29) is 5.97 Å². The molecule has 3 aromatic rings. The number of aromatic nitrogens is 1. The number of hydrogen-bond donors (Lipinski definition) is 0. The number of hydrogen-bond acceptors (Lipinski definition) is 3. The Labute approximate surface area is 128 Å². The van der Waals surface area contributed by atoms with Crippen molar-refractivity contribution >= 4 is 16.9 Å². The second-order valence-corrected chi connectivity index (χ2v) is 5.10. The molecule has 0 fully saturated rings. The molecule has 0 amide bonds. The predicted octanol–water partition coefficient (Wildman–Crippen LogP) is 3.78. The lowest BCUT2D eigenvalue weighted by molar-refractivity contribution is -0.131. The van der Waals surface area contributed by atoms with E-state index >= 15 is 0 Å². The van der Waals surface area contributed by atoms with E-state index in [1.54, 1.807) is 7.11 Å². The van der Waals surface area contributed by atoms with Crippen molar-refractivity contribution in [1.29, 1.82) is 0 Å². The SMILES string of the molecule is COc1cc(-c2ccccc2)c(OC(C)=O)c2ccn(C)c12. The molecular formula is C18H17NO3. The molecular weight excluding hydrogens is 278 g/mol. The van der Waals surface area contributed by atoms with Gasteiger partial charge in [-0.2, -0.15) is 0 Å². The maximum Gasteiger partial charge on any atom is 0.308 e. The van der Waals surface area contributed by atoms with Crippen LogP contribution in [0.5, 0.6) is 11.5 Å². The number of fused-ring (bicyclic) bond motifs is 1. The number of nitrogens with zero attached hydrogens (tertiary/aromatic N) is 1. The van der Waals surface area contributed by atoms with Crippen LogP contribution in [-0.2, 0) is 11.8 Å². The monoisotopic (exact) mass is 295 g/mol. The topological polar surface area (TPSA) is 40.5 Å². The summed E-state index contributed by atoms with van der Waals surface area (Å²) in [5, 5.41) is 0.857. The fraction of sp³-hybridized carbons (Fsp3) is 0.167. The third-order valence-corrected chi connectivity index (χ3v) is 3.62. The van der Waals surface area contributed by atoms with Gasteiger partial charge in [0.25, 0.3) is 0 Å². The quantitative estimate of drug-likeness (QED) is 0.545. The fourth-order valence-corrected chi connectivity index (χ4v) is 2.67. The summed E-state index contributed by atoms with van der Waals surface area (Å²) < 4.78 is 13.0. The zero-order valence-corrected chi connectivity index (χ0v) is 12.8. The Kier molecular flexibility index (Phi) is 3.59. The highest BCUT2D eigenvalue weighted by atomic mass is 16.5. The van der Waals surface area contributed by atoms with Crippen molar-refractivity contribution in [2.24, 2.45) is 7.05 Å². The molecule has 0 saturated heterocycles. The van der Waals surface area contributed by atoms with Crippen molar-refractivity contribution in [3.05, 3.63) is 48.7 Å². The molecule has 0 bridgehead atoms. The molecule has 0 aliphatic heterocycles. The van der Waals surface area contributed by atoms with Crippen LogP contribution in [0.2, 0.25) is 0 Å². The van der Waals surface area contributed by atoms with Crippen LogP contribution in [0.15, 0.2) is 48.7 Å². The third kappa shape index (κ3) is 2.33. The van der Waals surface area contributed by atoms with Gasteiger partial charge in [0, 0.05) is 31.1 Å². The minimum absolute atomic E-state index is 0.340. The van der Waals surface area contributed by atoms with E-state index in [1.165, 1.54) is 6.92 Å². The first-order chi connectivity index (χ1) is 10.6. The van der Waals surface area contributed by atoms with E-state index in [2.05, 4.69) is 0 Å². The van der Waals surface area contributed by atoms with E-state index in [9.17, 15) is 4.79 Å². The molecule has 112 valence electrons. The molecule has 1 aromatic heterocycles. The van der Waals surface area contributed by atoms with E-state index in [0.717, 1.165) is 27.8 Å². The first kappa shape index (κ1) is 14.2. The second kappa shape index (κ2) is 5.56. The van der Waals surface area contributed by atoms with Crippen LogP contribution >= 0.6 is 0 Å². The molecule has 0 spiro atoms. The minimum atomic E-state index is -0.340. The molecule has 4 nitrogen and oxygen atoms in total. The Morgan fingerprint density at radius 3 is 2.50 bits per heavy atom. The number of ether oxygens (including phenoxy) is 2. The number of esters is 1. The maximum absolute atomic E-state index is 11.5. The molecule has 3 rings (SSSR count). The van der Waals surface area contributed by atoms with Gasteiger partial charge < -0.3 is 14.0 Å². The molecule has 2 aromatic carbocycles. The lowest BCUT2D eigenvalue weighted by atomic mass is 10.0. The molecule has 22 heavy (non-hydrogen) atoms. The van der Waals surface area contributed by atoms with Crippen LogP contribution in [-0.4, -0.2) is 17.6 Å². The van der Waals surface area contributed by atoms with Gasteiger partial charge in [0.1, 0.15) is 11.5 Å². The molecule has 0 aliphatic carbocycles. The summed E-state index contributed by atoms with van der Waals surface area (Å²) >= 11 is 0. The lowest BCUT2D eigenvalue weighted by Crippen LogP contribution is -2.04. The van der Waals surface area contributed by atoms with E-state index in [4.69, 9.17) is 9.47 Å². The summed E-state index contributed by atoms with van der Waals surface area (Å²) in [6.07, 6.45) is 1.93. The molecule has 0 radical (unpaired) electrons. The molecule has 1 heterocycles. The number of rotatable bonds is 3. The van der Waals surface area contributed by atoms with Crippen LogP contribution < -0.4 is 9.47 Å². The average Bonchev–Trinajstić information content (AvgIpc) is 2.90. The van der Waals surface area contributed by atoms with Gasteiger partial charge in [-0.3, -0.25) is 4.79 Å². The van der Waals surface area contributed by atoms with Gasteiger partial charge in [-0.15, -0.1) is 0 Å². The summed E-state index contributed by atoms with van der Waals surface area (Å²) in [6.45, 7) is 1.41. The first-order valence-corrected chi connectivity index (χ1v) is 7.01. The molecule has 0 unspecified atom stereocenters. The number of carbonyl (C=O) groups excluding carboxylic acids is 1. The largest absolute Gasteiger partial charge is 0.495 e. The number of carbonyl (C=O) groups is 1. The highest BCUT2D eigenvalue weighted by Crippen LogP contribution is 2.42. The minimum Gasteiger partial charge on any atom is -0.495 e. The van der Waals surface area contributed by atoms with Crippen LogP contribution in [0.1, 0.15) is 6.92 Å². The molecule has 4 heteroatoms. The summed E-state index contributed by atoms with van der Waals surface area (Å²) in [5.74, 6) is 0.972. The van der Waals surface area contributed by atoms with E-state index < -0.39 is 0 Å². The van der Waals surface area contributed by atoms with Crippen LogP contribution in [0.25, 0.3) is 22.0 Å². The van der Waals surface area contributed by atoms with Gasteiger partial charge in [0.05, 0.1) is 12.6 Å². The van der Waals surface area contributed by atoms with Crippen molar-refractivity contribution in [1.82, 2.24) is 4.57 Å². The summed E-state index contributed by atoms with van der Waals surface area (Å²) in [5.41, 5.74) is 2.72. The number of methoxy groups -OCH3 is 1. The second-order valence-electron chi connectivity index (χ2n) is 5.10. The molecule has 0 N–H and O–H groups in total. The van der Waals surface area contributed by atoms with Crippen molar-refractivity contribution in [3.63, 3.8) is 0 Å².